The molecule has 0 saturated carbocycles. The van der Waals surface area contributed by atoms with Gasteiger partial charge in [-0.1, -0.05) is 6.92 Å². The van der Waals surface area contributed by atoms with E-state index in [0.29, 0.717) is 5.52 Å². The average Bonchev–Trinajstić information content (AvgIpc) is 2.46. The predicted octanol–water partition coefficient (Wildman–Crippen LogP) is 1.13. The SMILES string of the molecule is CCc1cnc2c(=O)n(C)[nH]c2c1C. The summed E-state index contributed by atoms with van der Waals surface area (Å²) in [5, 5.41) is 3.01. The number of pyridine rings is 1. The van der Waals surface area contributed by atoms with Crippen molar-refractivity contribution in [2.45, 2.75) is 20.3 Å². The number of aryl methyl sites for hydroxylation is 3. The van der Waals surface area contributed by atoms with Crippen LogP contribution in [-0.4, -0.2) is 14.8 Å². The van der Waals surface area contributed by atoms with Gasteiger partial charge in [-0.3, -0.25) is 14.6 Å². The van der Waals surface area contributed by atoms with Crippen LogP contribution in [0, 0.1) is 6.92 Å². The minimum absolute atomic E-state index is 0.0641. The number of aromatic amines is 1. The van der Waals surface area contributed by atoms with Crippen LogP contribution in [0.15, 0.2) is 11.0 Å². The molecular weight excluding hydrogens is 178 g/mol. The van der Waals surface area contributed by atoms with Gasteiger partial charge in [-0.05, 0) is 24.5 Å². The van der Waals surface area contributed by atoms with Crippen LogP contribution in [-0.2, 0) is 13.5 Å². The van der Waals surface area contributed by atoms with Crippen LogP contribution in [0.4, 0.5) is 0 Å². The lowest BCUT2D eigenvalue weighted by molar-refractivity contribution is 0.750. The molecule has 0 bridgehead atoms. The molecule has 4 nitrogen and oxygen atoms in total. The smallest absolute Gasteiger partial charge is 0.292 e. The second kappa shape index (κ2) is 2.97. The fourth-order valence-electron chi connectivity index (χ4n) is 1.67. The van der Waals surface area contributed by atoms with Crippen molar-refractivity contribution >= 4 is 11.0 Å². The summed E-state index contributed by atoms with van der Waals surface area (Å²) in [4.78, 5) is 15.7. The lowest BCUT2D eigenvalue weighted by atomic mass is 10.1. The highest BCUT2D eigenvalue weighted by Gasteiger charge is 2.09. The lowest BCUT2D eigenvalue weighted by Crippen LogP contribution is -2.11. The van der Waals surface area contributed by atoms with E-state index in [1.165, 1.54) is 10.2 Å². The normalized spacial score (nSPS) is 11.1. The standard InChI is InChI=1S/C10H13N3O/c1-4-7-5-11-9-8(6(7)2)12-13(3)10(9)14/h5,12H,4H2,1-3H3. The molecule has 0 aliphatic carbocycles. The molecule has 4 heteroatoms. The largest absolute Gasteiger partial charge is 0.293 e. The molecule has 0 amide bonds. The van der Waals surface area contributed by atoms with Crippen LogP contribution >= 0.6 is 0 Å². The summed E-state index contributed by atoms with van der Waals surface area (Å²) in [6, 6.07) is 0. The van der Waals surface area contributed by atoms with Gasteiger partial charge in [0.1, 0.15) is 0 Å². The zero-order valence-corrected chi connectivity index (χ0v) is 8.59. The Kier molecular flexibility index (Phi) is 1.91. The Balaban J connectivity index is 2.91. The van der Waals surface area contributed by atoms with Crippen molar-refractivity contribution in [1.29, 1.82) is 0 Å². The van der Waals surface area contributed by atoms with E-state index in [9.17, 15) is 4.79 Å². The summed E-state index contributed by atoms with van der Waals surface area (Å²) < 4.78 is 1.46. The first-order valence-electron chi connectivity index (χ1n) is 4.68. The molecule has 14 heavy (non-hydrogen) atoms. The van der Waals surface area contributed by atoms with Gasteiger partial charge in [0, 0.05) is 13.2 Å². The number of H-pyrrole nitrogens is 1. The third-order valence-electron chi connectivity index (χ3n) is 2.61. The molecule has 1 N–H and O–H groups in total. The Morgan fingerprint density at radius 2 is 2.29 bits per heavy atom. The summed E-state index contributed by atoms with van der Waals surface area (Å²) in [6.45, 7) is 4.09. The Bertz CT molecular complexity index is 536. The number of nitrogens with zero attached hydrogens (tertiary/aromatic N) is 2. The van der Waals surface area contributed by atoms with Crippen LogP contribution < -0.4 is 5.56 Å². The number of nitrogens with one attached hydrogen (secondary N) is 1. The highest BCUT2D eigenvalue weighted by molar-refractivity contribution is 5.77. The Morgan fingerprint density at radius 1 is 1.57 bits per heavy atom. The first-order chi connectivity index (χ1) is 6.65. The van der Waals surface area contributed by atoms with Crippen molar-refractivity contribution in [1.82, 2.24) is 14.8 Å². The zero-order valence-electron chi connectivity index (χ0n) is 8.59. The van der Waals surface area contributed by atoms with Gasteiger partial charge < -0.3 is 0 Å². The van der Waals surface area contributed by atoms with E-state index >= 15 is 0 Å². The number of fused-ring (bicyclic) bond motifs is 1. The average molecular weight is 191 g/mol. The van der Waals surface area contributed by atoms with Gasteiger partial charge >= 0.3 is 0 Å². The summed E-state index contributed by atoms with van der Waals surface area (Å²) in [5.41, 5.74) is 3.62. The molecule has 0 spiro atoms. The zero-order chi connectivity index (χ0) is 10.3. The van der Waals surface area contributed by atoms with Crippen molar-refractivity contribution in [2.75, 3.05) is 0 Å². The molecule has 0 aliphatic rings. The quantitative estimate of drug-likeness (QED) is 0.734. The predicted molar refractivity (Wildman–Crippen MR) is 55.4 cm³/mol. The van der Waals surface area contributed by atoms with Gasteiger partial charge in [0.05, 0.1) is 5.52 Å². The number of rotatable bonds is 1. The molecule has 0 aromatic carbocycles. The molecule has 2 heterocycles. The Labute approximate surface area is 81.6 Å². The second-order valence-electron chi connectivity index (χ2n) is 3.46. The third-order valence-corrected chi connectivity index (χ3v) is 2.61. The molecule has 0 aliphatic heterocycles. The number of hydrogen-bond acceptors (Lipinski definition) is 2. The highest BCUT2D eigenvalue weighted by atomic mass is 16.1. The molecule has 0 atom stereocenters. The molecule has 2 rings (SSSR count). The summed E-state index contributed by atoms with van der Waals surface area (Å²) in [7, 11) is 1.70. The van der Waals surface area contributed by atoms with E-state index in [0.717, 1.165) is 17.5 Å². The molecule has 2 aromatic rings. The molecule has 0 saturated heterocycles. The van der Waals surface area contributed by atoms with Gasteiger partial charge in [0.25, 0.3) is 5.56 Å². The highest BCUT2D eigenvalue weighted by Crippen LogP contribution is 2.15. The number of aromatic nitrogens is 3. The number of hydrogen-bond donors (Lipinski definition) is 1. The van der Waals surface area contributed by atoms with E-state index in [2.05, 4.69) is 17.0 Å². The summed E-state index contributed by atoms with van der Waals surface area (Å²) in [5.74, 6) is 0. The van der Waals surface area contributed by atoms with Crippen molar-refractivity contribution in [2.24, 2.45) is 7.05 Å². The van der Waals surface area contributed by atoms with Gasteiger partial charge in [-0.2, -0.15) is 0 Å². The maximum atomic E-state index is 11.5. The van der Waals surface area contributed by atoms with Crippen molar-refractivity contribution in [3.05, 3.63) is 27.7 Å². The topological polar surface area (TPSA) is 50.7 Å². The summed E-state index contributed by atoms with van der Waals surface area (Å²) in [6.07, 6.45) is 2.72. The van der Waals surface area contributed by atoms with E-state index in [-0.39, 0.29) is 5.56 Å². The molecule has 74 valence electrons. The van der Waals surface area contributed by atoms with Gasteiger partial charge in [0.15, 0.2) is 5.52 Å². The van der Waals surface area contributed by atoms with E-state index in [4.69, 9.17) is 0 Å². The molecular formula is C10H13N3O. The van der Waals surface area contributed by atoms with Crippen molar-refractivity contribution < 1.29 is 0 Å². The first kappa shape index (κ1) is 8.99. The van der Waals surface area contributed by atoms with Crippen LogP contribution in [0.3, 0.4) is 0 Å². The van der Waals surface area contributed by atoms with Gasteiger partial charge in [-0.25, -0.2) is 4.98 Å². The van der Waals surface area contributed by atoms with Gasteiger partial charge in [0.2, 0.25) is 0 Å². The summed E-state index contributed by atoms with van der Waals surface area (Å²) >= 11 is 0. The van der Waals surface area contributed by atoms with Crippen LogP contribution in [0.5, 0.6) is 0 Å². The fourth-order valence-corrected chi connectivity index (χ4v) is 1.67. The first-order valence-corrected chi connectivity index (χ1v) is 4.68. The second-order valence-corrected chi connectivity index (χ2v) is 3.46. The maximum absolute atomic E-state index is 11.5. The fraction of sp³-hybridized carbons (Fsp3) is 0.400. The van der Waals surface area contributed by atoms with E-state index < -0.39 is 0 Å². The van der Waals surface area contributed by atoms with Crippen LogP contribution in [0.2, 0.25) is 0 Å². The Hall–Kier alpha value is -1.58. The lowest BCUT2D eigenvalue weighted by Gasteiger charge is -2.01. The van der Waals surface area contributed by atoms with E-state index in [1.54, 1.807) is 13.2 Å². The maximum Gasteiger partial charge on any atom is 0.292 e. The van der Waals surface area contributed by atoms with E-state index in [1.807, 2.05) is 6.92 Å². The van der Waals surface area contributed by atoms with Crippen molar-refractivity contribution in [3.8, 4) is 0 Å². The minimum Gasteiger partial charge on any atom is -0.293 e. The molecule has 2 aromatic heterocycles. The van der Waals surface area contributed by atoms with Gasteiger partial charge in [-0.15, -0.1) is 0 Å². The molecule has 0 radical (unpaired) electrons. The monoisotopic (exact) mass is 191 g/mol. The minimum atomic E-state index is -0.0641. The Morgan fingerprint density at radius 3 is 2.93 bits per heavy atom. The van der Waals surface area contributed by atoms with Crippen molar-refractivity contribution in [3.63, 3.8) is 0 Å². The third kappa shape index (κ3) is 1.07. The molecule has 0 unspecified atom stereocenters. The van der Waals surface area contributed by atoms with Crippen LogP contribution in [0.25, 0.3) is 11.0 Å². The molecule has 0 fully saturated rings. The van der Waals surface area contributed by atoms with Crippen LogP contribution in [0.1, 0.15) is 18.1 Å².